The number of nitrogens with zero attached hydrogens (tertiary/aromatic N) is 2. The third-order valence-corrected chi connectivity index (χ3v) is 3.47. The van der Waals surface area contributed by atoms with Crippen LogP contribution in [0.25, 0.3) is 0 Å². The summed E-state index contributed by atoms with van der Waals surface area (Å²) < 4.78 is 28.4. The third kappa shape index (κ3) is 4.63. The quantitative estimate of drug-likeness (QED) is 0.916. The van der Waals surface area contributed by atoms with Crippen molar-refractivity contribution in [3.05, 3.63) is 54.1 Å². The molecule has 0 aliphatic carbocycles. The maximum absolute atomic E-state index is 13.2. The Bertz CT molecular complexity index is 553. The molecule has 114 valence electrons. The lowest BCUT2D eigenvalue weighted by atomic mass is 9.86. The smallest absolute Gasteiger partial charge is 0.126 e. The second kappa shape index (κ2) is 6.35. The van der Waals surface area contributed by atoms with Crippen LogP contribution in [0.3, 0.4) is 0 Å². The predicted octanol–water partition coefficient (Wildman–Crippen LogP) is 3.37. The summed E-state index contributed by atoms with van der Waals surface area (Å²) in [6.07, 6.45) is 5.41. The standard InChI is InChI=1S/C16H21F2N3/c1-16(2,3)15(10-21-5-4-19-11-21)20-9-12-6-13(17)8-14(18)7-12/h4-8,11,15,20H,9-10H2,1-3H3. The molecule has 1 aromatic heterocycles. The summed E-state index contributed by atoms with van der Waals surface area (Å²) in [5, 5.41) is 3.39. The summed E-state index contributed by atoms with van der Waals surface area (Å²) in [5.74, 6) is -1.09. The number of aromatic nitrogens is 2. The maximum Gasteiger partial charge on any atom is 0.126 e. The average molecular weight is 293 g/mol. The Morgan fingerprint density at radius 2 is 1.86 bits per heavy atom. The van der Waals surface area contributed by atoms with E-state index in [0.717, 1.165) is 12.6 Å². The molecule has 0 fully saturated rings. The van der Waals surface area contributed by atoms with Gasteiger partial charge in [-0.1, -0.05) is 20.8 Å². The molecule has 2 aromatic rings. The highest BCUT2D eigenvalue weighted by molar-refractivity contribution is 5.17. The zero-order chi connectivity index (χ0) is 15.5. The van der Waals surface area contributed by atoms with Gasteiger partial charge in [0, 0.05) is 37.6 Å². The van der Waals surface area contributed by atoms with Crippen LogP contribution in [-0.4, -0.2) is 15.6 Å². The Balaban J connectivity index is 2.05. The summed E-state index contributed by atoms with van der Waals surface area (Å²) in [5.41, 5.74) is 0.614. The maximum atomic E-state index is 13.2. The van der Waals surface area contributed by atoms with Gasteiger partial charge in [0.1, 0.15) is 11.6 Å². The normalized spacial score (nSPS) is 13.4. The summed E-state index contributed by atoms with van der Waals surface area (Å²) in [6.45, 7) is 7.57. The SMILES string of the molecule is CC(C)(C)C(Cn1ccnc1)NCc1cc(F)cc(F)c1. The van der Waals surface area contributed by atoms with E-state index in [0.29, 0.717) is 12.1 Å². The molecular formula is C16H21F2N3. The highest BCUT2D eigenvalue weighted by Gasteiger charge is 2.24. The van der Waals surface area contributed by atoms with Gasteiger partial charge in [0.2, 0.25) is 0 Å². The van der Waals surface area contributed by atoms with Crippen molar-refractivity contribution < 1.29 is 8.78 Å². The zero-order valence-electron chi connectivity index (χ0n) is 12.6. The van der Waals surface area contributed by atoms with Crippen molar-refractivity contribution in [3.63, 3.8) is 0 Å². The molecule has 0 radical (unpaired) electrons. The van der Waals surface area contributed by atoms with Crippen LogP contribution in [0.4, 0.5) is 8.78 Å². The summed E-state index contributed by atoms with van der Waals surface area (Å²) in [7, 11) is 0. The van der Waals surface area contributed by atoms with Gasteiger partial charge >= 0.3 is 0 Å². The van der Waals surface area contributed by atoms with Crippen LogP contribution in [0.15, 0.2) is 36.9 Å². The van der Waals surface area contributed by atoms with Crippen molar-refractivity contribution in [1.82, 2.24) is 14.9 Å². The highest BCUT2D eigenvalue weighted by Crippen LogP contribution is 2.21. The van der Waals surface area contributed by atoms with E-state index in [1.165, 1.54) is 12.1 Å². The van der Waals surface area contributed by atoms with E-state index in [1.807, 2.05) is 10.8 Å². The molecule has 0 spiro atoms. The van der Waals surface area contributed by atoms with E-state index in [4.69, 9.17) is 0 Å². The molecule has 0 saturated carbocycles. The Morgan fingerprint density at radius 3 is 2.38 bits per heavy atom. The molecule has 0 saturated heterocycles. The molecule has 1 aromatic carbocycles. The molecule has 0 bridgehead atoms. The number of hydrogen-bond acceptors (Lipinski definition) is 2. The number of halogens is 2. The van der Waals surface area contributed by atoms with Crippen LogP contribution in [-0.2, 0) is 13.1 Å². The fraction of sp³-hybridized carbons (Fsp3) is 0.438. The van der Waals surface area contributed by atoms with Crippen LogP contribution in [0.2, 0.25) is 0 Å². The van der Waals surface area contributed by atoms with Crippen LogP contribution in [0.5, 0.6) is 0 Å². The van der Waals surface area contributed by atoms with E-state index >= 15 is 0 Å². The minimum Gasteiger partial charge on any atom is -0.336 e. The van der Waals surface area contributed by atoms with E-state index < -0.39 is 11.6 Å². The lowest BCUT2D eigenvalue weighted by Crippen LogP contribution is -2.43. The fourth-order valence-corrected chi connectivity index (χ4v) is 2.20. The number of rotatable bonds is 5. The van der Waals surface area contributed by atoms with Crippen molar-refractivity contribution in [2.45, 2.75) is 39.9 Å². The van der Waals surface area contributed by atoms with Gasteiger partial charge in [0.15, 0.2) is 0 Å². The minimum absolute atomic E-state index is 0.0101. The second-order valence-corrected chi connectivity index (χ2v) is 6.34. The van der Waals surface area contributed by atoms with Gasteiger partial charge in [-0.05, 0) is 23.1 Å². The zero-order valence-corrected chi connectivity index (χ0v) is 12.6. The molecular weight excluding hydrogens is 272 g/mol. The largest absolute Gasteiger partial charge is 0.336 e. The topological polar surface area (TPSA) is 29.9 Å². The van der Waals surface area contributed by atoms with Crippen molar-refractivity contribution in [2.24, 2.45) is 5.41 Å². The Hall–Kier alpha value is -1.75. The van der Waals surface area contributed by atoms with Gasteiger partial charge in [0.05, 0.1) is 6.33 Å². The van der Waals surface area contributed by atoms with Crippen molar-refractivity contribution in [1.29, 1.82) is 0 Å². The minimum atomic E-state index is -0.547. The average Bonchev–Trinajstić information content (AvgIpc) is 2.84. The fourth-order valence-electron chi connectivity index (χ4n) is 2.20. The lowest BCUT2D eigenvalue weighted by molar-refractivity contribution is 0.240. The van der Waals surface area contributed by atoms with Gasteiger partial charge in [-0.3, -0.25) is 0 Å². The van der Waals surface area contributed by atoms with Gasteiger partial charge in [0.25, 0.3) is 0 Å². The van der Waals surface area contributed by atoms with Crippen LogP contribution in [0.1, 0.15) is 26.3 Å². The van der Waals surface area contributed by atoms with E-state index in [9.17, 15) is 8.78 Å². The van der Waals surface area contributed by atoms with Crippen LogP contribution in [0, 0.1) is 17.0 Å². The monoisotopic (exact) mass is 293 g/mol. The molecule has 0 aliphatic rings. The van der Waals surface area contributed by atoms with E-state index in [-0.39, 0.29) is 11.5 Å². The second-order valence-electron chi connectivity index (χ2n) is 6.34. The van der Waals surface area contributed by atoms with Crippen molar-refractivity contribution in [2.75, 3.05) is 0 Å². The number of imidazole rings is 1. The first kappa shape index (κ1) is 15.6. The van der Waals surface area contributed by atoms with Gasteiger partial charge in [-0.15, -0.1) is 0 Å². The van der Waals surface area contributed by atoms with Crippen LogP contribution >= 0.6 is 0 Å². The van der Waals surface area contributed by atoms with Gasteiger partial charge in [-0.2, -0.15) is 0 Å². The Labute approximate surface area is 124 Å². The first-order valence-corrected chi connectivity index (χ1v) is 6.99. The molecule has 1 heterocycles. The molecule has 21 heavy (non-hydrogen) atoms. The summed E-state index contributed by atoms with van der Waals surface area (Å²) in [4.78, 5) is 4.03. The predicted molar refractivity (Wildman–Crippen MR) is 78.7 cm³/mol. The Morgan fingerprint density at radius 1 is 1.19 bits per heavy atom. The van der Waals surface area contributed by atoms with Gasteiger partial charge in [-0.25, -0.2) is 13.8 Å². The lowest BCUT2D eigenvalue weighted by Gasteiger charge is -2.32. The molecule has 1 atom stereocenters. The van der Waals surface area contributed by atoms with Crippen molar-refractivity contribution in [3.8, 4) is 0 Å². The molecule has 0 aliphatic heterocycles. The molecule has 1 N–H and O–H groups in total. The highest BCUT2D eigenvalue weighted by atomic mass is 19.1. The third-order valence-electron chi connectivity index (χ3n) is 3.47. The van der Waals surface area contributed by atoms with E-state index in [2.05, 4.69) is 31.1 Å². The van der Waals surface area contributed by atoms with Gasteiger partial charge < -0.3 is 9.88 Å². The number of benzene rings is 1. The summed E-state index contributed by atoms with van der Waals surface area (Å²) >= 11 is 0. The summed E-state index contributed by atoms with van der Waals surface area (Å²) in [6, 6.07) is 3.74. The first-order chi connectivity index (χ1) is 9.84. The number of hydrogen-bond donors (Lipinski definition) is 1. The molecule has 3 nitrogen and oxygen atoms in total. The van der Waals surface area contributed by atoms with Crippen molar-refractivity contribution >= 4 is 0 Å². The van der Waals surface area contributed by atoms with E-state index in [1.54, 1.807) is 12.5 Å². The molecule has 1 unspecified atom stereocenters. The van der Waals surface area contributed by atoms with Crippen LogP contribution < -0.4 is 5.32 Å². The molecule has 0 amide bonds. The molecule has 5 heteroatoms. The molecule has 2 rings (SSSR count). The Kier molecular flexibility index (Phi) is 4.73. The number of nitrogens with one attached hydrogen (secondary N) is 1. The first-order valence-electron chi connectivity index (χ1n) is 6.99.